The molecule has 0 unspecified atom stereocenters. The molecule has 0 saturated carbocycles. The Hall–Kier alpha value is -2.17. The van der Waals surface area contributed by atoms with Crippen molar-refractivity contribution < 1.29 is 9.59 Å². The molecule has 0 aliphatic carbocycles. The summed E-state index contributed by atoms with van der Waals surface area (Å²) in [6.07, 6.45) is 2.56. The van der Waals surface area contributed by atoms with E-state index in [0.29, 0.717) is 25.1 Å². The number of benzene rings is 1. The smallest absolute Gasteiger partial charge is 0.267 e. The molecule has 19 heavy (non-hydrogen) atoms. The van der Waals surface area contributed by atoms with E-state index in [1.807, 2.05) is 18.2 Å². The largest absolute Gasteiger partial charge is 0.351 e. The van der Waals surface area contributed by atoms with Crippen molar-refractivity contribution in [2.24, 2.45) is 5.10 Å². The van der Waals surface area contributed by atoms with Crippen LogP contribution < -0.4 is 10.7 Å². The molecule has 5 heteroatoms. The molecule has 2 amide bonds. The zero-order valence-corrected chi connectivity index (χ0v) is 10.7. The Bertz CT molecular complexity index is 483. The molecule has 0 fully saturated rings. The molecule has 0 radical (unpaired) electrons. The van der Waals surface area contributed by atoms with Crippen molar-refractivity contribution in [3.63, 3.8) is 0 Å². The zero-order chi connectivity index (χ0) is 13.5. The van der Waals surface area contributed by atoms with Gasteiger partial charge >= 0.3 is 0 Å². The lowest BCUT2D eigenvalue weighted by molar-refractivity contribution is -0.121. The first-order chi connectivity index (χ1) is 9.25. The zero-order valence-electron chi connectivity index (χ0n) is 10.7. The minimum atomic E-state index is -0.187. The van der Waals surface area contributed by atoms with Gasteiger partial charge in [-0.25, -0.2) is 5.43 Å². The number of hydrazone groups is 1. The van der Waals surface area contributed by atoms with Crippen LogP contribution in [0.25, 0.3) is 0 Å². The highest BCUT2D eigenvalue weighted by Gasteiger charge is 2.17. The fourth-order valence-corrected chi connectivity index (χ4v) is 1.88. The Kier molecular flexibility index (Phi) is 4.66. The number of carbonyl (C=O) groups is 2. The first-order valence-electron chi connectivity index (χ1n) is 6.43. The lowest BCUT2D eigenvalue weighted by Gasteiger charge is -2.11. The quantitative estimate of drug-likeness (QED) is 0.774. The van der Waals surface area contributed by atoms with Gasteiger partial charge in [0.05, 0.1) is 0 Å². The van der Waals surface area contributed by atoms with Crippen LogP contribution in [-0.2, 0) is 16.0 Å². The van der Waals surface area contributed by atoms with Gasteiger partial charge < -0.3 is 5.32 Å². The summed E-state index contributed by atoms with van der Waals surface area (Å²) in [7, 11) is 0. The van der Waals surface area contributed by atoms with Crippen molar-refractivity contribution in [3.8, 4) is 0 Å². The van der Waals surface area contributed by atoms with E-state index in [1.54, 1.807) is 0 Å². The van der Waals surface area contributed by atoms with Gasteiger partial charge in [-0.1, -0.05) is 30.3 Å². The molecule has 0 saturated heterocycles. The van der Waals surface area contributed by atoms with Gasteiger partial charge in [-0.05, 0) is 18.4 Å². The van der Waals surface area contributed by atoms with E-state index in [2.05, 4.69) is 28.0 Å². The molecule has 0 atom stereocenters. The predicted molar refractivity (Wildman–Crippen MR) is 72.6 cm³/mol. The molecule has 0 bridgehead atoms. The van der Waals surface area contributed by atoms with Gasteiger partial charge in [-0.2, -0.15) is 5.10 Å². The van der Waals surface area contributed by atoms with Gasteiger partial charge in [0, 0.05) is 19.4 Å². The van der Waals surface area contributed by atoms with Gasteiger partial charge in [0.1, 0.15) is 5.71 Å². The summed E-state index contributed by atoms with van der Waals surface area (Å²) in [5, 5.41) is 6.57. The number of nitrogens with one attached hydrogen (secondary N) is 2. The van der Waals surface area contributed by atoms with E-state index in [1.165, 1.54) is 5.56 Å². The molecular weight excluding hydrogens is 242 g/mol. The fraction of sp³-hybridized carbons (Fsp3) is 0.357. The third-order valence-electron chi connectivity index (χ3n) is 2.94. The molecule has 100 valence electrons. The molecule has 1 heterocycles. The molecule has 1 aromatic rings. The van der Waals surface area contributed by atoms with Crippen molar-refractivity contribution >= 4 is 17.5 Å². The average Bonchev–Trinajstić information content (AvgIpc) is 2.45. The highest BCUT2D eigenvalue weighted by atomic mass is 16.2. The first-order valence-corrected chi connectivity index (χ1v) is 6.43. The topological polar surface area (TPSA) is 70.6 Å². The van der Waals surface area contributed by atoms with Crippen LogP contribution in [0.1, 0.15) is 24.8 Å². The number of carbonyl (C=O) groups excluding carboxylic acids is 2. The van der Waals surface area contributed by atoms with Crippen molar-refractivity contribution in [3.05, 3.63) is 35.9 Å². The molecule has 1 aliphatic rings. The third-order valence-corrected chi connectivity index (χ3v) is 2.94. The second kappa shape index (κ2) is 6.68. The van der Waals surface area contributed by atoms with Crippen molar-refractivity contribution in [1.82, 2.24) is 10.7 Å². The summed E-state index contributed by atoms with van der Waals surface area (Å²) >= 11 is 0. The average molecular weight is 259 g/mol. The number of nitrogens with zero attached hydrogens (tertiary/aromatic N) is 1. The maximum absolute atomic E-state index is 11.7. The van der Waals surface area contributed by atoms with E-state index < -0.39 is 0 Å². The van der Waals surface area contributed by atoms with Crippen LogP contribution in [0.4, 0.5) is 0 Å². The highest BCUT2D eigenvalue weighted by Crippen LogP contribution is 2.02. The molecule has 0 spiro atoms. The summed E-state index contributed by atoms with van der Waals surface area (Å²) in [6, 6.07) is 10.1. The van der Waals surface area contributed by atoms with E-state index >= 15 is 0 Å². The van der Waals surface area contributed by atoms with E-state index in [0.717, 1.165) is 12.8 Å². The van der Waals surface area contributed by atoms with Crippen LogP contribution >= 0.6 is 0 Å². The van der Waals surface area contributed by atoms with E-state index in [9.17, 15) is 9.59 Å². The Morgan fingerprint density at radius 2 is 2.05 bits per heavy atom. The van der Waals surface area contributed by atoms with Crippen LogP contribution in [0.3, 0.4) is 0 Å². The maximum atomic E-state index is 11.7. The SMILES string of the molecule is O=C1CCC(C(=O)NCCCc2ccccc2)=NN1. The standard InChI is InChI=1S/C14H17N3O2/c18-13-9-8-12(16-17-13)14(19)15-10-4-7-11-5-2-1-3-6-11/h1-3,5-6H,4,7-10H2,(H,15,19)(H,17,18). The van der Waals surface area contributed by atoms with E-state index in [-0.39, 0.29) is 11.8 Å². The minimum absolute atomic E-state index is 0.138. The molecule has 0 aromatic heterocycles. The Balaban J connectivity index is 1.68. The number of rotatable bonds is 5. The second-order valence-corrected chi connectivity index (χ2v) is 4.44. The first kappa shape index (κ1) is 13.3. The number of hydrogen-bond acceptors (Lipinski definition) is 3. The Labute approximate surface area is 112 Å². The molecule has 2 N–H and O–H groups in total. The summed E-state index contributed by atoms with van der Waals surface area (Å²) < 4.78 is 0. The van der Waals surface area contributed by atoms with Gasteiger partial charge in [-0.3, -0.25) is 9.59 Å². The Morgan fingerprint density at radius 1 is 1.26 bits per heavy atom. The van der Waals surface area contributed by atoms with Crippen molar-refractivity contribution in [2.45, 2.75) is 25.7 Å². The number of amides is 2. The molecule has 5 nitrogen and oxygen atoms in total. The van der Waals surface area contributed by atoms with Crippen LogP contribution in [0, 0.1) is 0 Å². The number of hydrogen-bond donors (Lipinski definition) is 2. The van der Waals surface area contributed by atoms with Crippen LogP contribution in [-0.4, -0.2) is 24.1 Å². The molecule has 1 aliphatic heterocycles. The molecular formula is C14H17N3O2. The summed E-state index contributed by atoms with van der Waals surface area (Å²) in [6.45, 7) is 0.612. The minimum Gasteiger partial charge on any atom is -0.351 e. The monoisotopic (exact) mass is 259 g/mol. The summed E-state index contributed by atoms with van der Waals surface area (Å²) in [5.74, 6) is -0.325. The van der Waals surface area contributed by atoms with Gasteiger partial charge in [0.15, 0.2) is 0 Å². The highest BCUT2D eigenvalue weighted by molar-refractivity contribution is 6.39. The summed E-state index contributed by atoms with van der Waals surface area (Å²) in [4.78, 5) is 22.6. The Morgan fingerprint density at radius 3 is 2.74 bits per heavy atom. The maximum Gasteiger partial charge on any atom is 0.267 e. The predicted octanol–water partition coefficient (Wildman–Crippen LogP) is 1.00. The van der Waals surface area contributed by atoms with Crippen molar-refractivity contribution in [1.29, 1.82) is 0 Å². The summed E-state index contributed by atoms with van der Waals surface area (Å²) in [5.41, 5.74) is 3.98. The lowest BCUT2D eigenvalue weighted by Crippen LogP contribution is -2.37. The number of aryl methyl sites for hydroxylation is 1. The van der Waals surface area contributed by atoms with Crippen LogP contribution in [0.15, 0.2) is 35.4 Å². The van der Waals surface area contributed by atoms with Crippen LogP contribution in [0.5, 0.6) is 0 Å². The lowest BCUT2D eigenvalue weighted by atomic mass is 10.1. The van der Waals surface area contributed by atoms with Gasteiger partial charge in [-0.15, -0.1) is 0 Å². The normalized spacial score (nSPS) is 14.5. The molecule has 2 rings (SSSR count). The second-order valence-electron chi connectivity index (χ2n) is 4.44. The van der Waals surface area contributed by atoms with Crippen LogP contribution in [0.2, 0.25) is 0 Å². The van der Waals surface area contributed by atoms with E-state index in [4.69, 9.17) is 0 Å². The van der Waals surface area contributed by atoms with Crippen molar-refractivity contribution in [2.75, 3.05) is 6.54 Å². The van der Waals surface area contributed by atoms with Gasteiger partial charge in [0.25, 0.3) is 5.91 Å². The van der Waals surface area contributed by atoms with Gasteiger partial charge in [0.2, 0.25) is 5.91 Å². The third kappa shape index (κ3) is 4.21. The molecule has 1 aromatic carbocycles. The fourth-order valence-electron chi connectivity index (χ4n) is 1.88.